The van der Waals surface area contributed by atoms with Crippen molar-refractivity contribution in [2.75, 3.05) is 4.90 Å². The number of para-hydroxylation sites is 1. The Labute approximate surface area is 260 Å². The molecule has 43 heavy (non-hydrogen) atoms. The van der Waals surface area contributed by atoms with Crippen molar-refractivity contribution < 1.29 is 14.5 Å². The fraction of sp³-hybridized carbons (Fsp3) is 0.273. The van der Waals surface area contributed by atoms with Crippen molar-refractivity contribution in [3.05, 3.63) is 120 Å². The summed E-state index contributed by atoms with van der Waals surface area (Å²) in [6.45, 7) is 8.06. The first-order valence-electron chi connectivity index (χ1n) is 13.7. The minimum atomic E-state index is -0.758. The Bertz CT molecular complexity index is 1790. The highest BCUT2D eigenvalue weighted by atomic mass is 35.5. The number of nitrogens with zero attached hydrogens (tertiary/aromatic N) is 3. The van der Waals surface area contributed by atoms with E-state index >= 15 is 0 Å². The maximum Gasteiger partial charge on any atom is 0.294 e. The van der Waals surface area contributed by atoms with Gasteiger partial charge in [0.1, 0.15) is 23.9 Å². The highest BCUT2D eigenvalue weighted by Gasteiger charge is 2.46. The van der Waals surface area contributed by atoms with E-state index in [4.69, 9.17) is 33.7 Å². The van der Waals surface area contributed by atoms with Crippen molar-refractivity contribution in [2.24, 2.45) is 11.1 Å². The predicted octanol–water partition coefficient (Wildman–Crippen LogP) is 8.04. The molecule has 1 unspecified atom stereocenters. The van der Waals surface area contributed by atoms with Gasteiger partial charge in [0.15, 0.2) is 5.78 Å². The first kappa shape index (κ1) is 30.1. The van der Waals surface area contributed by atoms with E-state index in [-0.39, 0.29) is 46.6 Å². The molecule has 5 rings (SSSR count). The number of ketones is 1. The quantitative estimate of drug-likeness (QED) is 0.219. The second kappa shape index (κ2) is 11.4. The third-order valence-electron chi connectivity index (χ3n) is 8.01. The summed E-state index contributed by atoms with van der Waals surface area (Å²) in [7, 11) is 0. The SMILES string of the molecule is Cc1cc(C)c(C2C(C#N)=C(N)N(c3ccc(Cl)cc3[N+](=O)[O-])C3=C2C(=O)CC(C)(C)C3)cc1COc1ccccc1Cl. The number of nitriles is 1. The molecule has 0 amide bonds. The van der Waals surface area contributed by atoms with Crippen molar-refractivity contribution in [2.45, 2.75) is 53.1 Å². The van der Waals surface area contributed by atoms with E-state index in [1.54, 1.807) is 12.1 Å². The number of carbonyl (C=O) groups excluding carboxylic acids is 1. The highest BCUT2D eigenvalue weighted by Crippen LogP contribution is 2.52. The zero-order chi connectivity index (χ0) is 31.2. The number of nitro groups is 1. The van der Waals surface area contributed by atoms with Crippen LogP contribution in [0.5, 0.6) is 5.75 Å². The van der Waals surface area contributed by atoms with Crippen LogP contribution in [0.4, 0.5) is 11.4 Å². The van der Waals surface area contributed by atoms with Gasteiger partial charge in [-0.3, -0.25) is 19.8 Å². The van der Waals surface area contributed by atoms with Crippen molar-refractivity contribution in [3.63, 3.8) is 0 Å². The van der Waals surface area contributed by atoms with Gasteiger partial charge in [-0.2, -0.15) is 5.26 Å². The summed E-state index contributed by atoms with van der Waals surface area (Å²) in [5.41, 5.74) is 10.7. The lowest BCUT2D eigenvalue weighted by molar-refractivity contribution is -0.384. The standard InChI is InChI=1S/C33H30Cl2N4O4/c1-18-11-19(2)22(12-20(18)17-43-29-8-6-5-7-24(29)35)30-23(16-36)32(37)38(25-10-9-21(34)13-26(25)39(41)42)27-14-33(3,4)15-28(40)31(27)30/h5-13,30H,14-15,17,37H2,1-4H3. The Hall–Kier alpha value is -4.32. The number of nitro benzene ring substituents is 1. The van der Waals surface area contributed by atoms with E-state index in [0.29, 0.717) is 28.5 Å². The molecule has 0 saturated heterocycles. The molecule has 1 atom stereocenters. The van der Waals surface area contributed by atoms with Gasteiger partial charge in [-0.15, -0.1) is 0 Å². The zero-order valence-corrected chi connectivity index (χ0v) is 25.7. The second-order valence-corrected chi connectivity index (χ2v) is 12.6. The van der Waals surface area contributed by atoms with Crippen LogP contribution in [-0.2, 0) is 11.4 Å². The third-order valence-corrected chi connectivity index (χ3v) is 8.56. The van der Waals surface area contributed by atoms with Crippen LogP contribution in [0.3, 0.4) is 0 Å². The van der Waals surface area contributed by atoms with E-state index in [9.17, 15) is 20.2 Å². The second-order valence-electron chi connectivity index (χ2n) is 11.7. The monoisotopic (exact) mass is 616 g/mol. The number of hydrogen-bond donors (Lipinski definition) is 1. The fourth-order valence-corrected chi connectivity index (χ4v) is 6.38. The van der Waals surface area contributed by atoms with E-state index < -0.39 is 16.3 Å². The summed E-state index contributed by atoms with van der Waals surface area (Å²) in [5, 5.41) is 23.3. The van der Waals surface area contributed by atoms with Gasteiger partial charge in [-0.25, -0.2) is 0 Å². The fourth-order valence-electron chi connectivity index (χ4n) is 6.03. The van der Waals surface area contributed by atoms with Gasteiger partial charge in [0.25, 0.3) is 5.69 Å². The minimum absolute atomic E-state index is 0.0380. The summed E-state index contributed by atoms with van der Waals surface area (Å²) >= 11 is 12.4. The zero-order valence-electron chi connectivity index (χ0n) is 24.2. The van der Waals surface area contributed by atoms with Crippen molar-refractivity contribution in [1.29, 1.82) is 5.26 Å². The molecular weight excluding hydrogens is 587 g/mol. The summed E-state index contributed by atoms with van der Waals surface area (Å²) in [5.74, 6) is -0.311. The van der Waals surface area contributed by atoms with Gasteiger partial charge in [0.05, 0.1) is 27.5 Å². The molecule has 2 N–H and O–H groups in total. The average molecular weight is 618 g/mol. The third kappa shape index (κ3) is 5.58. The highest BCUT2D eigenvalue weighted by molar-refractivity contribution is 6.32. The number of anilines is 1. The normalized spacial score (nSPS) is 17.9. The molecule has 1 aliphatic carbocycles. The van der Waals surface area contributed by atoms with E-state index in [0.717, 1.165) is 22.3 Å². The summed E-state index contributed by atoms with van der Waals surface area (Å²) < 4.78 is 6.04. The lowest BCUT2D eigenvalue weighted by Gasteiger charge is -2.43. The molecule has 2 aliphatic rings. The molecule has 0 spiro atoms. The lowest BCUT2D eigenvalue weighted by Crippen LogP contribution is -2.42. The average Bonchev–Trinajstić information content (AvgIpc) is 2.92. The van der Waals surface area contributed by atoms with Gasteiger partial charge >= 0.3 is 0 Å². The van der Waals surface area contributed by atoms with E-state index in [1.165, 1.54) is 23.1 Å². The molecule has 10 heteroatoms. The molecule has 1 aliphatic heterocycles. The molecule has 0 bridgehead atoms. The van der Waals surface area contributed by atoms with Crippen LogP contribution in [0.1, 0.15) is 54.9 Å². The number of halogens is 2. The maximum atomic E-state index is 14.0. The van der Waals surface area contributed by atoms with Crippen LogP contribution in [-0.4, -0.2) is 10.7 Å². The van der Waals surface area contributed by atoms with Crippen LogP contribution in [0.15, 0.2) is 77.3 Å². The first-order chi connectivity index (χ1) is 20.3. The summed E-state index contributed by atoms with van der Waals surface area (Å²) in [6, 6.07) is 17.7. The molecule has 0 aromatic heterocycles. The minimum Gasteiger partial charge on any atom is -0.487 e. The Morgan fingerprint density at radius 2 is 1.84 bits per heavy atom. The largest absolute Gasteiger partial charge is 0.487 e. The van der Waals surface area contributed by atoms with Crippen LogP contribution in [0.25, 0.3) is 0 Å². The van der Waals surface area contributed by atoms with Gasteiger partial charge in [0.2, 0.25) is 0 Å². The number of hydrogen-bond acceptors (Lipinski definition) is 7. The molecule has 8 nitrogen and oxygen atoms in total. The topological polar surface area (TPSA) is 122 Å². The summed E-state index contributed by atoms with van der Waals surface area (Å²) in [4.78, 5) is 27.1. The smallest absolute Gasteiger partial charge is 0.294 e. The molecule has 3 aromatic rings. The Morgan fingerprint density at radius 3 is 2.51 bits per heavy atom. The lowest BCUT2D eigenvalue weighted by atomic mass is 9.68. The molecule has 3 aromatic carbocycles. The molecule has 0 saturated carbocycles. The molecule has 0 fully saturated rings. The Morgan fingerprint density at radius 1 is 1.12 bits per heavy atom. The molecular formula is C33H30Cl2N4O4. The Balaban J connectivity index is 1.71. The number of ether oxygens (including phenoxy) is 1. The van der Waals surface area contributed by atoms with Gasteiger partial charge in [-0.05, 0) is 72.2 Å². The van der Waals surface area contributed by atoms with Crippen molar-refractivity contribution in [1.82, 2.24) is 0 Å². The van der Waals surface area contributed by atoms with Gasteiger partial charge in [-0.1, -0.05) is 61.3 Å². The number of carbonyl (C=O) groups is 1. The van der Waals surface area contributed by atoms with Crippen LogP contribution in [0, 0.1) is 40.7 Å². The molecule has 1 heterocycles. The van der Waals surface area contributed by atoms with Gasteiger partial charge in [0, 0.05) is 28.8 Å². The van der Waals surface area contributed by atoms with Crippen LogP contribution in [0.2, 0.25) is 10.0 Å². The Kier molecular flexibility index (Phi) is 7.99. The number of aryl methyl sites for hydroxylation is 2. The first-order valence-corrected chi connectivity index (χ1v) is 14.5. The van der Waals surface area contributed by atoms with Crippen LogP contribution < -0.4 is 15.4 Å². The van der Waals surface area contributed by atoms with Crippen molar-refractivity contribution in [3.8, 4) is 11.8 Å². The number of nitrogens with two attached hydrogens (primary N) is 1. The number of rotatable bonds is 6. The van der Waals surface area contributed by atoms with Crippen LogP contribution >= 0.6 is 23.2 Å². The maximum absolute atomic E-state index is 14.0. The number of benzene rings is 3. The molecule has 220 valence electrons. The number of allylic oxidation sites excluding steroid dienone is 3. The van der Waals surface area contributed by atoms with Crippen molar-refractivity contribution >= 4 is 40.4 Å². The number of Topliss-reactive ketones (excluding diaryl/α,β-unsaturated/α-hetero) is 1. The van der Waals surface area contributed by atoms with E-state index in [1.807, 2.05) is 52.0 Å². The van der Waals surface area contributed by atoms with E-state index in [2.05, 4.69) is 6.07 Å². The summed E-state index contributed by atoms with van der Waals surface area (Å²) in [6.07, 6.45) is 0.669. The molecule has 0 radical (unpaired) electrons. The predicted molar refractivity (Wildman–Crippen MR) is 167 cm³/mol. The van der Waals surface area contributed by atoms with Gasteiger partial charge < -0.3 is 10.5 Å².